The summed E-state index contributed by atoms with van der Waals surface area (Å²) in [6, 6.07) is 1.50. The van der Waals surface area contributed by atoms with Crippen molar-refractivity contribution in [2.45, 2.75) is 51.3 Å². The molecule has 1 aromatic carbocycles. The number of aromatic hydroxyl groups is 1. The van der Waals surface area contributed by atoms with Crippen LogP contribution < -0.4 is 10.7 Å². The van der Waals surface area contributed by atoms with Crippen LogP contribution >= 0.6 is 0 Å². The van der Waals surface area contributed by atoms with E-state index in [0.29, 0.717) is 16.7 Å². The zero-order valence-electron chi connectivity index (χ0n) is 12.0. The third-order valence-electron chi connectivity index (χ3n) is 3.23. The fourth-order valence-electron chi connectivity index (χ4n) is 2.27. The molecule has 0 unspecified atom stereocenters. The van der Waals surface area contributed by atoms with Crippen LogP contribution in [0.4, 0.5) is 0 Å². The Morgan fingerprint density at radius 3 is 2.11 bits per heavy atom. The van der Waals surface area contributed by atoms with E-state index in [1.807, 2.05) is 32.5 Å². The monoisotopic (exact) mass is 286 g/mol. The molecule has 5 nitrogen and oxygen atoms in total. The third-order valence-corrected chi connectivity index (χ3v) is 4.55. The van der Waals surface area contributed by atoms with E-state index in [2.05, 4.69) is 0 Å². The third kappa shape index (κ3) is 2.91. The summed E-state index contributed by atoms with van der Waals surface area (Å²) >= 11 is 0. The molecule has 0 bridgehead atoms. The van der Waals surface area contributed by atoms with Gasteiger partial charge < -0.3 is 5.11 Å². The topological polar surface area (TPSA) is 92.4 Å². The van der Waals surface area contributed by atoms with Crippen molar-refractivity contribution in [2.75, 3.05) is 0 Å². The molecule has 4 N–H and O–H groups in total. The highest BCUT2D eigenvalue weighted by Gasteiger charge is 2.24. The van der Waals surface area contributed by atoms with Crippen molar-refractivity contribution < 1.29 is 13.5 Å². The highest BCUT2D eigenvalue weighted by atomic mass is 32.2. The van der Waals surface area contributed by atoms with Crippen molar-refractivity contribution in [1.29, 1.82) is 0 Å². The number of sulfonamides is 1. The second-order valence-electron chi connectivity index (χ2n) is 5.28. The van der Waals surface area contributed by atoms with E-state index in [1.165, 1.54) is 6.07 Å². The summed E-state index contributed by atoms with van der Waals surface area (Å²) in [5.41, 5.74) is 1.80. The maximum absolute atomic E-state index is 12.0. The van der Waals surface area contributed by atoms with Crippen LogP contribution in [0.1, 0.15) is 56.2 Å². The number of phenolic OH excluding ortho intramolecular Hbond substituents is 1. The van der Waals surface area contributed by atoms with Gasteiger partial charge in [-0.25, -0.2) is 8.42 Å². The van der Waals surface area contributed by atoms with Gasteiger partial charge in [0, 0.05) is 5.56 Å². The van der Waals surface area contributed by atoms with Gasteiger partial charge in [0.15, 0.2) is 0 Å². The first-order chi connectivity index (χ1) is 8.63. The second-order valence-corrected chi connectivity index (χ2v) is 6.96. The molecule has 0 aliphatic rings. The summed E-state index contributed by atoms with van der Waals surface area (Å²) in [6.07, 6.45) is 0. The quantitative estimate of drug-likeness (QED) is 0.584. The Morgan fingerprint density at radius 2 is 1.74 bits per heavy atom. The lowest BCUT2D eigenvalue weighted by atomic mass is 9.90. The molecule has 0 saturated heterocycles. The summed E-state index contributed by atoms with van der Waals surface area (Å²) in [4.78, 5) is 1.97. The van der Waals surface area contributed by atoms with Crippen molar-refractivity contribution in [3.05, 3.63) is 22.8 Å². The molecule has 108 valence electrons. The van der Waals surface area contributed by atoms with Crippen LogP contribution in [0.15, 0.2) is 11.0 Å². The first-order valence-electron chi connectivity index (χ1n) is 6.22. The molecule has 0 saturated carbocycles. The largest absolute Gasteiger partial charge is 0.507 e. The van der Waals surface area contributed by atoms with Gasteiger partial charge in [0.1, 0.15) is 5.75 Å². The number of rotatable bonds is 4. The van der Waals surface area contributed by atoms with E-state index in [4.69, 9.17) is 5.84 Å². The van der Waals surface area contributed by atoms with Crippen LogP contribution in [-0.2, 0) is 10.0 Å². The Morgan fingerprint density at radius 1 is 1.21 bits per heavy atom. The first kappa shape index (κ1) is 15.9. The molecule has 0 amide bonds. The average molecular weight is 286 g/mol. The Balaban J connectivity index is 3.77. The summed E-state index contributed by atoms with van der Waals surface area (Å²) in [6.45, 7) is 9.32. The zero-order valence-corrected chi connectivity index (χ0v) is 12.8. The van der Waals surface area contributed by atoms with Gasteiger partial charge in [0.05, 0.1) is 4.90 Å². The molecule has 0 radical (unpaired) electrons. The fraction of sp³-hybridized carbons (Fsp3) is 0.538. The Hall–Kier alpha value is -1.11. The molecule has 0 heterocycles. The summed E-state index contributed by atoms with van der Waals surface area (Å²) in [5, 5.41) is 10.3. The zero-order chi connectivity index (χ0) is 15.0. The average Bonchev–Trinajstić information content (AvgIpc) is 2.27. The number of hydrazine groups is 1. The van der Waals surface area contributed by atoms with Crippen molar-refractivity contribution in [2.24, 2.45) is 5.84 Å². The number of hydrogen-bond acceptors (Lipinski definition) is 4. The minimum absolute atomic E-state index is 0.0184. The molecule has 0 aliphatic carbocycles. The molecular formula is C13H22N2O3S. The van der Waals surface area contributed by atoms with Gasteiger partial charge in [-0.3, -0.25) is 5.84 Å². The normalized spacial score (nSPS) is 12.4. The minimum Gasteiger partial charge on any atom is -0.507 e. The summed E-state index contributed by atoms with van der Waals surface area (Å²) < 4.78 is 23.9. The van der Waals surface area contributed by atoms with Gasteiger partial charge in [-0.15, -0.1) is 0 Å². The van der Waals surface area contributed by atoms with E-state index < -0.39 is 10.0 Å². The van der Waals surface area contributed by atoms with Crippen LogP contribution in [0.2, 0.25) is 0 Å². The lowest BCUT2D eigenvalue weighted by Gasteiger charge is -2.20. The van der Waals surface area contributed by atoms with E-state index in [-0.39, 0.29) is 22.5 Å². The number of nitrogens with two attached hydrogens (primary N) is 1. The standard InChI is InChI=1S/C13H22N2O3S/c1-7(2)10-6-11(19(17,18)15-14)9(5)12(8(3)4)13(10)16/h6-8,15-16H,14H2,1-5H3. The molecule has 1 aromatic rings. The predicted molar refractivity (Wildman–Crippen MR) is 75.5 cm³/mol. The van der Waals surface area contributed by atoms with Crippen molar-refractivity contribution in [3.8, 4) is 5.75 Å². The van der Waals surface area contributed by atoms with Gasteiger partial charge in [0.2, 0.25) is 0 Å². The lowest BCUT2D eigenvalue weighted by Crippen LogP contribution is -2.31. The van der Waals surface area contributed by atoms with Gasteiger partial charge in [-0.05, 0) is 36.0 Å². The smallest absolute Gasteiger partial charge is 0.253 e. The molecule has 0 aliphatic heterocycles. The Bertz CT molecular complexity index is 578. The molecule has 0 fully saturated rings. The highest BCUT2D eigenvalue weighted by Crippen LogP contribution is 2.38. The Kier molecular flexibility index (Phi) is 4.60. The van der Waals surface area contributed by atoms with Crippen LogP contribution in [0, 0.1) is 6.92 Å². The second kappa shape index (κ2) is 5.48. The minimum atomic E-state index is -3.74. The lowest BCUT2D eigenvalue weighted by molar-refractivity contribution is 0.452. The summed E-state index contributed by atoms with van der Waals surface area (Å²) in [7, 11) is -3.74. The van der Waals surface area contributed by atoms with E-state index in [0.717, 1.165) is 0 Å². The van der Waals surface area contributed by atoms with Gasteiger partial charge >= 0.3 is 0 Å². The molecular weight excluding hydrogens is 264 g/mol. The molecule has 19 heavy (non-hydrogen) atoms. The number of nitrogens with one attached hydrogen (secondary N) is 1. The van der Waals surface area contributed by atoms with Crippen LogP contribution in [0.25, 0.3) is 0 Å². The molecule has 0 atom stereocenters. The molecule has 6 heteroatoms. The van der Waals surface area contributed by atoms with E-state index in [1.54, 1.807) is 6.92 Å². The SMILES string of the molecule is Cc1c(S(=O)(=O)NN)cc(C(C)C)c(O)c1C(C)C. The number of phenols is 1. The first-order valence-corrected chi connectivity index (χ1v) is 7.70. The summed E-state index contributed by atoms with van der Waals surface area (Å²) in [5.74, 6) is 5.31. The van der Waals surface area contributed by atoms with Crippen LogP contribution in [0.3, 0.4) is 0 Å². The molecule has 1 rings (SSSR count). The Labute approximate surface area is 114 Å². The van der Waals surface area contributed by atoms with E-state index in [9.17, 15) is 13.5 Å². The highest BCUT2D eigenvalue weighted by molar-refractivity contribution is 7.89. The number of hydrogen-bond donors (Lipinski definition) is 3. The molecule has 0 spiro atoms. The fourth-order valence-corrected chi connectivity index (χ4v) is 3.19. The van der Waals surface area contributed by atoms with Crippen LogP contribution in [0.5, 0.6) is 5.75 Å². The van der Waals surface area contributed by atoms with Gasteiger partial charge in [-0.2, -0.15) is 4.83 Å². The van der Waals surface area contributed by atoms with E-state index >= 15 is 0 Å². The van der Waals surface area contributed by atoms with Crippen molar-refractivity contribution in [3.63, 3.8) is 0 Å². The van der Waals surface area contributed by atoms with Crippen molar-refractivity contribution >= 4 is 10.0 Å². The van der Waals surface area contributed by atoms with Gasteiger partial charge in [-0.1, -0.05) is 27.7 Å². The van der Waals surface area contributed by atoms with Crippen molar-refractivity contribution in [1.82, 2.24) is 4.83 Å². The maximum atomic E-state index is 12.0. The van der Waals surface area contributed by atoms with Crippen LogP contribution in [-0.4, -0.2) is 13.5 Å². The number of benzene rings is 1. The maximum Gasteiger partial charge on any atom is 0.253 e. The molecule has 0 aromatic heterocycles. The van der Waals surface area contributed by atoms with Gasteiger partial charge in [0.25, 0.3) is 10.0 Å². The predicted octanol–water partition coefficient (Wildman–Crippen LogP) is 2.10.